The fourth-order valence-electron chi connectivity index (χ4n) is 3.06. The van der Waals surface area contributed by atoms with Crippen LogP contribution in [0, 0.1) is 6.92 Å². The van der Waals surface area contributed by atoms with Gasteiger partial charge in [-0.2, -0.15) is 0 Å². The van der Waals surface area contributed by atoms with Crippen LogP contribution in [0.15, 0.2) is 30.3 Å². The number of aryl methyl sites for hydroxylation is 2. The summed E-state index contributed by atoms with van der Waals surface area (Å²) < 4.78 is 0. The first-order chi connectivity index (χ1) is 11.6. The predicted octanol–water partition coefficient (Wildman–Crippen LogP) is 3.05. The summed E-state index contributed by atoms with van der Waals surface area (Å²) in [4.78, 5) is 28.5. The number of benzene rings is 1. The molecular formula is C19H22N2O2S. The molecule has 2 aromatic rings. The summed E-state index contributed by atoms with van der Waals surface area (Å²) in [7, 11) is 0. The van der Waals surface area contributed by atoms with E-state index in [0.29, 0.717) is 19.6 Å². The third-order valence-corrected chi connectivity index (χ3v) is 5.80. The van der Waals surface area contributed by atoms with Crippen molar-refractivity contribution in [1.29, 1.82) is 0 Å². The van der Waals surface area contributed by atoms with Gasteiger partial charge < -0.3 is 10.2 Å². The van der Waals surface area contributed by atoms with E-state index in [1.165, 1.54) is 10.4 Å². The Morgan fingerprint density at radius 2 is 2.12 bits per heavy atom. The molecule has 2 heterocycles. The van der Waals surface area contributed by atoms with Gasteiger partial charge >= 0.3 is 0 Å². The normalized spacial score (nSPS) is 13.8. The molecule has 0 fully saturated rings. The molecule has 1 aromatic heterocycles. The fourth-order valence-corrected chi connectivity index (χ4v) is 4.09. The summed E-state index contributed by atoms with van der Waals surface area (Å²) in [6.07, 6.45) is 1.82. The predicted molar refractivity (Wildman–Crippen MR) is 96.8 cm³/mol. The molecule has 24 heavy (non-hydrogen) atoms. The summed E-state index contributed by atoms with van der Waals surface area (Å²) in [6, 6.07) is 9.70. The first-order valence-electron chi connectivity index (χ1n) is 8.35. The van der Waals surface area contributed by atoms with E-state index in [9.17, 15) is 9.59 Å². The molecule has 0 saturated carbocycles. The highest BCUT2D eigenvalue weighted by atomic mass is 32.1. The van der Waals surface area contributed by atoms with Crippen LogP contribution in [0.5, 0.6) is 0 Å². The maximum atomic E-state index is 12.5. The van der Waals surface area contributed by atoms with Crippen molar-refractivity contribution in [3.8, 4) is 0 Å². The molecule has 0 bridgehead atoms. The average molecular weight is 342 g/mol. The fraction of sp³-hybridized carbons (Fsp3) is 0.368. The van der Waals surface area contributed by atoms with Crippen molar-refractivity contribution in [2.45, 2.75) is 26.7 Å². The van der Waals surface area contributed by atoms with Crippen LogP contribution in [0.3, 0.4) is 0 Å². The Balaban J connectivity index is 1.55. The Labute approximate surface area is 146 Å². The summed E-state index contributed by atoms with van der Waals surface area (Å²) in [5.74, 6) is 0.0130. The Kier molecular flexibility index (Phi) is 5.00. The zero-order chi connectivity index (χ0) is 17.1. The first-order valence-corrected chi connectivity index (χ1v) is 9.16. The minimum atomic E-state index is -0.0485. The molecule has 1 aliphatic heterocycles. The van der Waals surface area contributed by atoms with Crippen molar-refractivity contribution in [2.24, 2.45) is 0 Å². The maximum absolute atomic E-state index is 12.5. The van der Waals surface area contributed by atoms with Gasteiger partial charge in [0.05, 0.1) is 4.88 Å². The minimum absolute atomic E-state index is 0.0485. The number of thiophene rings is 1. The molecule has 0 radical (unpaired) electrons. The van der Waals surface area contributed by atoms with Crippen LogP contribution >= 0.6 is 11.3 Å². The van der Waals surface area contributed by atoms with E-state index in [4.69, 9.17) is 0 Å². The van der Waals surface area contributed by atoms with Gasteiger partial charge in [0.2, 0.25) is 0 Å². The molecule has 5 heteroatoms. The number of hydrogen-bond acceptors (Lipinski definition) is 3. The second kappa shape index (κ2) is 7.18. The van der Waals surface area contributed by atoms with E-state index < -0.39 is 0 Å². The molecule has 0 saturated heterocycles. The maximum Gasteiger partial charge on any atom is 0.261 e. The van der Waals surface area contributed by atoms with Gasteiger partial charge in [0, 0.05) is 30.1 Å². The van der Waals surface area contributed by atoms with Crippen molar-refractivity contribution in [3.63, 3.8) is 0 Å². The van der Waals surface area contributed by atoms with Crippen LogP contribution in [0.2, 0.25) is 0 Å². The van der Waals surface area contributed by atoms with Crippen molar-refractivity contribution in [1.82, 2.24) is 10.2 Å². The van der Waals surface area contributed by atoms with E-state index in [1.807, 2.05) is 42.2 Å². The highest BCUT2D eigenvalue weighted by molar-refractivity contribution is 7.14. The molecule has 3 rings (SSSR count). The highest BCUT2D eigenvalue weighted by Crippen LogP contribution is 2.22. The second-order valence-corrected chi connectivity index (χ2v) is 7.16. The van der Waals surface area contributed by atoms with E-state index in [1.54, 1.807) is 11.3 Å². The van der Waals surface area contributed by atoms with Crippen LogP contribution in [0.1, 0.15) is 43.0 Å². The zero-order valence-electron chi connectivity index (χ0n) is 14.1. The number of amides is 2. The first kappa shape index (κ1) is 16.7. The molecule has 4 nitrogen and oxygen atoms in total. The van der Waals surface area contributed by atoms with Gasteiger partial charge in [-0.1, -0.05) is 25.1 Å². The summed E-state index contributed by atoms with van der Waals surface area (Å²) in [5, 5.41) is 2.93. The van der Waals surface area contributed by atoms with E-state index >= 15 is 0 Å². The van der Waals surface area contributed by atoms with Crippen LogP contribution in [-0.4, -0.2) is 36.3 Å². The van der Waals surface area contributed by atoms with Gasteiger partial charge in [-0.05, 0) is 43.0 Å². The van der Waals surface area contributed by atoms with Crippen molar-refractivity contribution in [2.75, 3.05) is 19.6 Å². The van der Waals surface area contributed by atoms with Crippen LogP contribution in [0.25, 0.3) is 0 Å². The molecule has 1 aromatic carbocycles. The van der Waals surface area contributed by atoms with Crippen molar-refractivity contribution in [3.05, 3.63) is 56.8 Å². The van der Waals surface area contributed by atoms with Crippen LogP contribution in [0.4, 0.5) is 0 Å². The summed E-state index contributed by atoms with van der Waals surface area (Å²) in [6.45, 7) is 5.87. The lowest BCUT2D eigenvalue weighted by atomic mass is 9.99. The SMILES string of the molecule is CCc1sc(C(=O)NCCN2CCc3ccccc3C2=O)cc1C. The molecule has 0 unspecified atom stereocenters. The lowest BCUT2D eigenvalue weighted by Gasteiger charge is -2.28. The summed E-state index contributed by atoms with van der Waals surface area (Å²) in [5.41, 5.74) is 3.08. The third kappa shape index (κ3) is 3.36. The quantitative estimate of drug-likeness (QED) is 0.908. The molecule has 0 atom stereocenters. The monoisotopic (exact) mass is 342 g/mol. The Morgan fingerprint density at radius 3 is 2.88 bits per heavy atom. The smallest absolute Gasteiger partial charge is 0.261 e. The number of carbonyl (C=O) groups excluding carboxylic acids is 2. The third-order valence-electron chi connectivity index (χ3n) is 4.42. The van der Waals surface area contributed by atoms with Crippen molar-refractivity contribution >= 4 is 23.2 Å². The Bertz CT molecular complexity index is 766. The minimum Gasteiger partial charge on any atom is -0.350 e. The molecular weight excluding hydrogens is 320 g/mol. The molecule has 126 valence electrons. The molecule has 0 aliphatic carbocycles. The summed E-state index contributed by atoms with van der Waals surface area (Å²) >= 11 is 1.55. The van der Waals surface area contributed by atoms with Crippen LogP contribution < -0.4 is 5.32 Å². The van der Waals surface area contributed by atoms with E-state index in [2.05, 4.69) is 12.2 Å². The van der Waals surface area contributed by atoms with Gasteiger partial charge in [-0.25, -0.2) is 0 Å². The van der Waals surface area contributed by atoms with Gasteiger partial charge in [0.15, 0.2) is 0 Å². The van der Waals surface area contributed by atoms with Crippen molar-refractivity contribution < 1.29 is 9.59 Å². The lowest BCUT2D eigenvalue weighted by Crippen LogP contribution is -2.42. The van der Waals surface area contributed by atoms with Gasteiger partial charge in [0.1, 0.15) is 0 Å². The average Bonchev–Trinajstić information content (AvgIpc) is 2.98. The molecule has 2 amide bonds. The number of rotatable bonds is 5. The Hall–Kier alpha value is -2.14. The second-order valence-electron chi connectivity index (χ2n) is 6.03. The number of fused-ring (bicyclic) bond motifs is 1. The largest absolute Gasteiger partial charge is 0.350 e. The van der Waals surface area contributed by atoms with Gasteiger partial charge in [-0.15, -0.1) is 11.3 Å². The highest BCUT2D eigenvalue weighted by Gasteiger charge is 2.23. The lowest BCUT2D eigenvalue weighted by molar-refractivity contribution is 0.0733. The Morgan fingerprint density at radius 1 is 1.33 bits per heavy atom. The number of nitrogens with one attached hydrogen (secondary N) is 1. The van der Waals surface area contributed by atoms with Gasteiger partial charge in [-0.3, -0.25) is 9.59 Å². The number of hydrogen-bond donors (Lipinski definition) is 1. The van der Waals surface area contributed by atoms with Crippen LogP contribution in [-0.2, 0) is 12.8 Å². The van der Waals surface area contributed by atoms with E-state index in [0.717, 1.165) is 28.8 Å². The molecule has 1 N–H and O–H groups in total. The number of nitrogens with zero attached hydrogens (tertiary/aromatic N) is 1. The molecule has 1 aliphatic rings. The topological polar surface area (TPSA) is 49.4 Å². The zero-order valence-corrected chi connectivity index (χ0v) is 14.9. The molecule has 0 spiro atoms. The van der Waals surface area contributed by atoms with E-state index in [-0.39, 0.29) is 11.8 Å². The van der Waals surface area contributed by atoms with Gasteiger partial charge in [0.25, 0.3) is 11.8 Å². The number of carbonyl (C=O) groups is 2. The standard InChI is InChI=1S/C19H22N2O2S/c1-3-16-13(2)12-17(24-16)18(22)20-9-11-21-10-8-14-6-4-5-7-15(14)19(21)23/h4-7,12H,3,8-11H2,1-2H3,(H,20,22).